The molecule has 1 aliphatic rings. The van der Waals surface area contributed by atoms with E-state index in [0.717, 1.165) is 6.42 Å². The van der Waals surface area contributed by atoms with Crippen LogP contribution in [-0.4, -0.2) is 5.78 Å². The molecule has 13 heavy (non-hydrogen) atoms. The van der Waals surface area contributed by atoms with Gasteiger partial charge in [0.15, 0.2) is 5.78 Å². The van der Waals surface area contributed by atoms with Crippen molar-refractivity contribution < 1.29 is 4.79 Å². The van der Waals surface area contributed by atoms with Crippen LogP contribution in [0.25, 0.3) is 0 Å². The summed E-state index contributed by atoms with van der Waals surface area (Å²) in [7, 11) is 0. The molecule has 70 valence electrons. The first-order valence-electron chi connectivity index (χ1n) is 4.61. The molecule has 0 bridgehead atoms. The Morgan fingerprint density at radius 1 is 1.46 bits per heavy atom. The van der Waals surface area contributed by atoms with Crippen molar-refractivity contribution in [2.24, 2.45) is 5.41 Å². The smallest absolute Gasteiger partial charge is 0.165 e. The van der Waals surface area contributed by atoms with E-state index in [1.54, 1.807) is 6.08 Å². The van der Waals surface area contributed by atoms with E-state index >= 15 is 0 Å². The van der Waals surface area contributed by atoms with E-state index in [0.29, 0.717) is 0 Å². The van der Waals surface area contributed by atoms with Gasteiger partial charge in [-0.2, -0.15) is 0 Å². The number of hydrogen-bond donors (Lipinski definition) is 0. The molecule has 1 aliphatic carbocycles. The third kappa shape index (κ3) is 2.18. The van der Waals surface area contributed by atoms with Gasteiger partial charge in [0.1, 0.15) is 0 Å². The van der Waals surface area contributed by atoms with Gasteiger partial charge in [-0.25, -0.2) is 0 Å². The zero-order valence-electron chi connectivity index (χ0n) is 8.50. The lowest BCUT2D eigenvalue weighted by Gasteiger charge is -2.24. The largest absolute Gasteiger partial charge is 0.294 e. The Balaban J connectivity index is 2.88. The van der Waals surface area contributed by atoms with Gasteiger partial charge < -0.3 is 0 Å². The molecule has 0 fully saturated rings. The number of ketones is 1. The molecule has 1 heteroatoms. The van der Waals surface area contributed by atoms with E-state index in [1.807, 2.05) is 39.0 Å². The van der Waals surface area contributed by atoms with E-state index in [4.69, 9.17) is 0 Å². The lowest BCUT2D eigenvalue weighted by atomic mass is 9.78. The Bertz CT molecular complexity index is 294. The van der Waals surface area contributed by atoms with E-state index < -0.39 is 0 Å². The summed E-state index contributed by atoms with van der Waals surface area (Å²) in [5.41, 5.74) is 0.859. The van der Waals surface area contributed by atoms with Crippen molar-refractivity contribution in [1.29, 1.82) is 0 Å². The van der Waals surface area contributed by atoms with Gasteiger partial charge in [0.2, 0.25) is 0 Å². The molecule has 0 spiro atoms. The standard InChI is InChI=1S/C12H16O/c1-4-5-8-12(3)9-10(2)6-7-11(12)13/h4-7,9H,8H2,1-3H3/b5-4+. The van der Waals surface area contributed by atoms with Crippen LogP contribution in [-0.2, 0) is 4.79 Å². The molecule has 1 rings (SSSR count). The van der Waals surface area contributed by atoms with Gasteiger partial charge >= 0.3 is 0 Å². The van der Waals surface area contributed by atoms with Crippen molar-refractivity contribution in [1.82, 2.24) is 0 Å². The molecule has 0 saturated carbocycles. The molecule has 0 radical (unpaired) electrons. The topological polar surface area (TPSA) is 17.1 Å². The second kappa shape index (κ2) is 3.73. The van der Waals surface area contributed by atoms with E-state index in [-0.39, 0.29) is 11.2 Å². The molecular formula is C12H16O. The quantitative estimate of drug-likeness (QED) is 0.591. The summed E-state index contributed by atoms with van der Waals surface area (Å²) in [5, 5.41) is 0. The SMILES string of the molecule is C/C=C/CC1(C)C=C(C)C=CC1=O. The average Bonchev–Trinajstić information content (AvgIpc) is 2.09. The Morgan fingerprint density at radius 2 is 2.15 bits per heavy atom. The minimum absolute atomic E-state index is 0.205. The summed E-state index contributed by atoms with van der Waals surface area (Å²) in [6, 6.07) is 0. The monoisotopic (exact) mass is 176 g/mol. The van der Waals surface area contributed by atoms with Gasteiger partial charge in [-0.1, -0.05) is 29.9 Å². The fraction of sp³-hybridized carbons (Fsp3) is 0.417. The Morgan fingerprint density at radius 3 is 2.77 bits per heavy atom. The first-order chi connectivity index (χ1) is 6.08. The molecule has 0 aliphatic heterocycles. The predicted molar refractivity (Wildman–Crippen MR) is 55.4 cm³/mol. The minimum atomic E-state index is -0.314. The maximum absolute atomic E-state index is 11.6. The zero-order valence-corrected chi connectivity index (χ0v) is 8.50. The first kappa shape index (κ1) is 9.97. The van der Waals surface area contributed by atoms with Gasteiger partial charge in [0.25, 0.3) is 0 Å². The highest BCUT2D eigenvalue weighted by Gasteiger charge is 2.29. The lowest BCUT2D eigenvalue weighted by Crippen LogP contribution is -2.25. The van der Waals surface area contributed by atoms with Gasteiger partial charge in [-0.3, -0.25) is 4.79 Å². The van der Waals surface area contributed by atoms with Crippen molar-refractivity contribution in [2.45, 2.75) is 27.2 Å². The molecule has 0 saturated heterocycles. The van der Waals surface area contributed by atoms with Gasteiger partial charge in [0, 0.05) is 0 Å². The summed E-state index contributed by atoms with van der Waals surface area (Å²) in [5.74, 6) is 0.205. The van der Waals surface area contributed by atoms with Crippen LogP contribution in [0.1, 0.15) is 27.2 Å². The Kier molecular flexibility index (Phi) is 2.86. The number of allylic oxidation sites excluding steroid dienone is 6. The van der Waals surface area contributed by atoms with Crippen molar-refractivity contribution in [3.05, 3.63) is 36.0 Å². The fourth-order valence-corrected chi connectivity index (χ4v) is 1.54. The van der Waals surface area contributed by atoms with Crippen molar-refractivity contribution >= 4 is 5.78 Å². The highest BCUT2D eigenvalue weighted by atomic mass is 16.1. The lowest BCUT2D eigenvalue weighted by molar-refractivity contribution is -0.120. The number of hydrogen-bond acceptors (Lipinski definition) is 1. The van der Waals surface area contributed by atoms with Crippen LogP contribution in [0.4, 0.5) is 0 Å². The average molecular weight is 176 g/mol. The number of rotatable bonds is 2. The van der Waals surface area contributed by atoms with Crippen LogP contribution in [0.2, 0.25) is 0 Å². The summed E-state index contributed by atoms with van der Waals surface area (Å²) >= 11 is 0. The molecule has 1 unspecified atom stereocenters. The van der Waals surface area contributed by atoms with Gasteiger partial charge in [0.05, 0.1) is 5.41 Å². The van der Waals surface area contributed by atoms with Crippen LogP contribution in [0.5, 0.6) is 0 Å². The fourth-order valence-electron chi connectivity index (χ4n) is 1.54. The minimum Gasteiger partial charge on any atom is -0.294 e. The van der Waals surface area contributed by atoms with Crippen molar-refractivity contribution in [2.75, 3.05) is 0 Å². The molecule has 0 heterocycles. The van der Waals surface area contributed by atoms with Crippen LogP contribution >= 0.6 is 0 Å². The van der Waals surface area contributed by atoms with E-state index in [9.17, 15) is 4.79 Å². The predicted octanol–water partition coefficient (Wildman–Crippen LogP) is 3.04. The van der Waals surface area contributed by atoms with Gasteiger partial charge in [-0.15, -0.1) is 0 Å². The third-order valence-electron chi connectivity index (χ3n) is 2.38. The number of carbonyl (C=O) groups is 1. The number of carbonyl (C=O) groups excluding carboxylic acids is 1. The van der Waals surface area contributed by atoms with Crippen LogP contribution < -0.4 is 0 Å². The van der Waals surface area contributed by atoms with E-state index in [1.165, 1.54) is 5.57 Å². The Labute approximate surface area is 79.8 Å². The maximum atomic E-state index is 11.6. The second-order valence-electron chi connectivity index (χ2n) is 3.78. The maximum Gasteiger partial charge on any atom is 0.165 e. The van der Waals surface area contributed by atoms with Crippen molar-refractivity contribution in [3.8, 4) is 0 Å². The highest BCUT2D eigenvalue weighted by molar-refractivity contribution is 5.97. The summed E-state index contributed by atoms with van der Waals surface area (Å²) in [4.78, 5) is 11.6. The van der Waals surface area contributed by atoms with E-state index in [2.05, 4.69) is 6.08 Å². The molecule has 1 nitrogen and oxygen atoms in total. The molecule has 0 aromatic carbocycles. The second-order valence-corrected chi connectivity index (χ2v) is 3.78. The van der Waals surface area contributed by atoms with Crippen LogP contribution in [0, 0.1) is 5.41 Å². The Hall–Kier alpha value is -1.11. The molecular weight excluding hydrogens is 160 g/mol. The molecule has 0 amide bonds. The molecule has 0 N–H and O–H groups in total. The normalized spacial score (nSPS) is 28.2. The molecule has 0 aromatic rings. The molecule has 0 aromatic heterocycles. The summed E-state index contributed by atoms with van der Waals surface area (Å²) < 4.78 is 0. The van der Waals surface area contributed by atoms with Crippen molar-refractivity contribution in [3.63, 3.8) is 0 Å². The third-order valence-corrected chi connectivity index (χ3v) is 2.38. The van der Waals surface area contributed by atoms with Gasteiger partial charge in [-0.05, 0) is 33.3 Å². The molecule has 1 atom stereocenters. The van der Waals surface area contributed by atoms with Crippen LogP contribution in [0.15, 0.2) is 36.0 Å². The van der Waals surface area contributed by atoms with Crippen LogP contribution in [0.3, 0.4) is 0 Å². The highest BCUT2D eigenvalue weighted by Crippen LogP contribution is 2.30. The summed E-state index contributed by atoms with van der Waals surface area (Å²) in [6.45, 7) is 5.99. The zero-order chi connectivity index (χ0) is 9.90. The summed E-state index contributed by atoms with van der Waals surface area (Å²) in [6.07, 6.45) is 10.4. The first-order valence-corrected chi connectivity index (χ1v) is 4.61.